The molecule has 0 saturated carbocycles. The number of hydrogen-bond acceptors (Lipinski definition) is 6. The fourth-order valence-corrected chi connectivity index (χ4v) is 2.15. The molecule has 1 atom stereocenters. The van der Waals surface area contributed by atoms with Gasteiger partial charge >= 0.3 is 0 Å². The summed E-state index contributed by atoms with van der Waals surface area (Å²) in [6, 6.07) is 0.0950. The van der Waals surface area contributed by atoms with E-state index in [4.69, 9.17) is 0 Å². The van der Waals surface area contributed by atoms with Crippen LogP contribution >= 0.6 is 11.3 Å². The number of hydrogen-bond donors (Lipinski definition) is 1. The van der Waals surface area contributed by atoms with Crippen LogP contribution in [-0.4, -0.2) is 20.2 Å². The van der Waals surface area contributed by atoms with Crippen LogP contribution in [-0.2, 0) is 0 Å². The van der Waals surface area contributed by atoms with Crippen LogP contribution in [0.2, 0.25) is 0 Å². The van der Waals surface area contributed by atoms with Gasteiger partial charge in [0.25, 0.3) is 0 Å². The standard InChI is InChI=1S/C11H15N5S/c1-6-5-17-10(12-6)9(4)14-11-13-7(2)8(3)15-16-11/h5,9H,1-4H3,(H,13,14,16). The van der Waals surface area contributed by atoms with Crippen molar-refractivity contribution in [3.63, 3.8) is 0 Å². The first-order valence-corrected chi connectivity index (χ1v) is 6.30. The fraction of sp³-hybridized carbons (Fsp3) is 0.455. The molecule has 2 aromatic rings. The average molecular weight is 249 g/mol. The topological polar surface area (TPSA) is 63.6 Å². The van der Waals surface area contributed by atoms with Crippen molar-refractivity contribution < 1.29 is 0 Å². The maximum absolute atomic E-state index is 4.43. The Morgan fingerprint density at radius 3 is 2.47 bits per heavy atom. The molecule has 0 radical (unpaired) electrons. The second kappa shape index (κ2) is 4.75. The van der Waals surface area contributed by atoms with E-state index in [9.17, 15) is 0 Å². The molecule has 5 nitrogen and oxygen atoms in total. The van der Waals surface area contributed by atoms with E-state index in [1.165, 1.54) is 0 Å². The van der Waals surface area contributed by atoms with E-state index in [0.717, 1.165) is 22.1 Å². The molecule has 2 aromatic heterocycles. The number of aromatic nitrogens is 4. The van der Waals surface area contributed by atoms with Crippen molar-refractivity contribution in [1.29, 1.82) is 0 Å². The number of thiazole rings is 1. The normalized spacial score (nSPS) is 12.5. The highest BCUT2D eigenvalue weighted by molar-refractivity contribution is 7.09. The number of rotatable bonds is 3. The van der Waals surface area contributed by atoms with Crippen molar-refractivity contribution >= 4 is 17.3 Å². The zero-order chi connectivity index (χ0) is 12.4. The highest BCUT2D eigenvalue weighted by Crippen LogP contribution is 2.20. The first-order chi connectivity index (χ1) is 8.06. The highest BCUT2D eigenvalue weighted by atomic mass is 32.1. The smallest absolute Gasteiger partial charge is 0.243 e. The SMILES string of the molecule is Cc1csc(C(C)Nc2nnc(C)c(C)n2)n1. The predicted octanol–water partition coefficient (Wildman–Crippen LogP) is 2.43. The lowest BCUT2D eigenvalue weighted by Crippen LogP contribution is -2.11. The van der Waals surface area contributed by atoms with Gasteiger partial charge in [0.2, 0.25) is 5.95 Å². The molecular formula is C11H15N5S. The lowest BCUT2D eigenvalue weighted by molar-refractivity contribution is 0.811. The number of nitrogens with one attached hydrogen (secondary N) is 1. The monoisotopic (exact) mass is 249 g/mol. The van der Waals surface area contributed by atoms with Gasteiger partial charge in [0, 0.05) is 11.1 Å². The quantitative estimate of drug-likeness (QED) is 0.905. The van der Waals surface area contributed by atoms with Crippen LogP contribution < -0.4 is 5.32 Å². The zero-order valence-electron chi connectivity index (χ0n) is 10.4. The Hall–Kier alpha value is -1.56. The third-order valence-corrected chi connectivity index (χ3v) is 3.59. The lowest BCUT2D eigenvalue weighted by Gasteiger charge is -2.11. The van der Waals surface area contributed by atoms with Crippen molar-refractivity contribution in [3.8, 4) is 0 Å². The van der Waals surface area contributed by atoms with E-state index in [1.54, 1.807) is 11.3 Å². The highest BCUT2D eigenvalue weighted by Gasteiger charge is 2.11. The van der Waals surface area contributed by atoms with Crippen LogP contribution in [0.1, 0.15) is 35.1 Å². The zero-order valence-corrected chi connectivity index (χ0v) is 11.2. The molecule has 17 heavy (non-hydrogen) atoms. The van der Waals surface area contributed by atoms with Gasteiger partial charge in [-0.1, -0.05) is 0 Å². The van der Waals surface area contributed by atoms with Gasteiger partial charge in [0.1, 0.15) is 5.01 Å². The summed E-state index contributed by atoms with van der Waals surface area (Å²) in [5.41, 5.74) is 2.79. The largest absolute Gasteiger partial charge is 0.344 e. The average Bonchev–Trinajstić information content (AvgIpc) is 2.70. The van der Waals surface area contributed by atoms with Crippen molar-refractivity contribution in [2.45, 2.75) is 33.7 Å². The number of anilines is 1. The first kappa shape index (κ1) is 11.9. The molecule has 90 valence electrons. The molecule has 0 spiro atoms. The van der Waals surface area contributed by atoms with Crippen molar-refractivity contribution in [2.24, 2.45) is 0 Å². The molecule has 2 rings (SSSR count). The summed E-state index contributed by atoms with van der Waals surface area (Å²) < 4.78 is 0. The predicted molar refractivity (Wildman–Crippen MR) is 68.2 cm³/mol. The second-order valence-electron chi connectivity index (χ2n) is 4.00. The van der Waals surface area contributed by atoms with Gasteiger partial charge in [-0.3, -0.25) is 0 Å². The lowest BCUT2D eigenvalue weighted by atomic mass is 10.3. The minimum atomic E-state index is 0.0950. The molecule has 0 aliphatic rings. The maximum atomic E-state index is 4.43. The maximum Gasteiger partial charge on any atom is 0.243 e. The van der Waals surface area contributed by atoms with Gasteiger partial charge in [-0.25, -0.2) is 9.97 Å². The van der Waals surface area contributed by atoms with Crippen LogP contribution in [0.25, 0.3) is 0 Å². The van der Waals surface area contributed by atoms with Crippen molar-refractivity contribution in [3.05, 3.63) is 27.5 Å². The minimum absolute atomic E-state index is 0.0950. The van der Waals surface area contributed by atoms with Gasteiger partial charge in [0.15, 0.2) is 0 Å². The molecule has 1 unspecified atom stereocenters. The third-order valence-electron chi connectivity index (χ3n) is 2.44. The van der Waals surface area contributed by atoms with E-state index in [2.05, 4.69) is 25.5 Å². The fourth-order valence-electron chi connectivity index (χ4n) is 1.34. The van der Waals surface area contributed by atoms with Gasteiger partial charge in [-0.2, -0.15) is 5.10 Å². The van der Waals surface area contributed by atoms with Gasteiger partial charge in [0.05, 0.1) is 17.4 Å². The molecule has 0 bridgehead atoms. The molecule has 0 fully saturated rings. The second-order valence-corrected chi connectivity index (χ2v) is 4.89. The molecule has 0 saturated heterocycles. The summed E-state index contributed by atoms with van der Waals surface area (Å²) in [6.07, 6.45) is 0. The Kier molecular flexibility index (Phi) is 3.33. The van der Waals surface area contributed by atoms with Crippen LogP contribution in [0.3, 0.4) is 0 Å². The molecular weight excluding hydrogens is 234 g/mol. The summed E-state index contributed by atoms with van der Waals surface area (Å²) >= 11 is 1.63. The van der Waals surface area contributed by atoms with Gasteiger partial charge in [-0.05, 0) is 27.7 Å². The molecule has 1 N–H and O–H groups in total. The van der Waals surface area contributed by atoms with Gasteiger partial charge < -0.3 is 5.32 Å². The van der Waals surface area contributed by atoms with Crippen LogP contribution in [0.5, 0.6) is 0 Å². The third kappa shape index (κ3) is 2.76. The molecule has 6 heteroatoms. The Bertz CT molecular complexity index is 522. The van der Waals surface area contributed by atoms with E-state index in [-0.39, 0.29) is 6.04 Å². The minimum Gasteiger partial charge on any atom is -0.344 e. The molecule has 0 amide bonds. The Morgan fingerprint density at radius 1 is 1.12 bits per heavy atom. The number of aryl methyl sites for hydroxylation is 3. The van der Waals surface area contributed by atoms with E-state index in [0.29, 0.717) is 5.95 Å². The first-order valence-electron chi connectivity index (χ1n) is 5.42. The molecule has 0 aromatic carbocycles. The van der Waals surface area contributed by atoms with E-state index in [1.807, 2.05) is 33.1 Å². The summed E-state index contributed by atoms with van der Waals surface area (Å²) in [6.45, 7) is 7.84. The van der Waals surface area contributed by atoms with Crippen molar-refractivity contribution in [1.82, 2.24) is 20.2 Å². The van der Waals surface area contributed by atoms with Crippen LogP contribution in [0.15, 0.2) is 5.38 Å². The van der Waals surface area contributed by atoms with E-state index < -0.39 is 0 Å². The Labute approximate surface area is 104 Å². The molecule has 2 heterocycles. The summed E-state index contributed by atoms with van der Waals surface area (Å²) in [5, 5.41) is 14.3. The Balaban J connectivity index is 2.12. The summed E-state index contributed by atoms with van der Waals surface area (Å²) in [4.78, 5) is 8.76. The molecule has 0 aliphatic heterocycles. The molecule has 0 aliphatic carbocycles. The number of nitrogens with zero attached hydrogens (tertiary/aromatic N) is 4. The Morgan fingerprint density at radius 2 is 1.88 bits per heavy atom. The van der Waals surface area contributed by atoms with Crippen LogP contribution in [0, 0.1) is 20.8 Å². The summed E-state index contributed by atoms with van der Waals surface area (Å²) in [7, 11) is 0. The van der Waals surface area contributed by atoms with E-state index >= 15 is 0 Å². The van der Waals surface area contributed by atoms with Gasteiger partial charge in [-0.15, -0.1) is 16.4 Å². The summed E-state index contributed by atoms with van der Waals surface area (Å²) in [5.74, 6) is 0.549. The van der Waals surface area contributed by atoms with Crippen molar-refractivity contribution in [2.75, 3.05) is 5.32 Å². The van der Waals surface area contributed by atoms with Crippen LogP contribution in [0.4, 0.5) is 5.95 Å².